The molecule has 0 spiro atoms. The van der Waals surface area contributed by atoms with Gasteiger partial charge in [-0.3, -0.25) is 4.79 Å². The smallest absolute Gasteiger partial charge is 0.253 e. The van der Waals surface area contributed by atoms with Crippen LogP contribution in [-0.2, 0) is 10.1 Å². The van der Waals surface area contributed by atoms with Gasteiger partial charge in [-0.1, -0.05) is 6.07 Å². The molecule has 1 aliphatic carbocycles. The molecule has 1 amide bonds. The molecule has 3 aliphatic rings. The van der Waals surface area contributed by atoms with Crippen LogP contribution in [-0.4, -0.2) is 59.4 Å². The number of alkyl halides is 2. The molecule has 182 valence electrons. The van der Waals surface area contributed by atoms with E-state index in [0.717, 1.165) is 0 Å². The first-order chi connectivity index (χ1) is 16.0. The predicted molar refractivity (Wildman–Crippen MR) is 121 cm³/mol. The van der Waals surface area contributed by atoms with Gasteiger partial charge in [-0.2, -0.15) is 0 Å². The van der Waals surface area contributed by atoms with E-state index in [1.54, 1.807) is 40.1 Å². The molecule has 1 saturated carbocycles. The van der Waals surface area contributed by atoms with Crippen molar-refractivity contribution in [2.75, 3.05) is 23.9 Å². The first kappa shape index (κ1) is 23.5. The lowest BCUT2D eigenvalue weighted by Gasteiger charge is -2.38. The molecule has 0 aromatic heterocycles. The number of nitrogens with zero attached hydrogens (tertiary/aromatic N) is 2. The van der Waals surface area contributed by atoms with E-state index in [1.165, 1.54) is 23.9 Å². The van der Waals surface area contributed by atoms with Crippen molar-refractivity contribution in [1.82, 2.24) is 4.90 Å². The van der Waals surface area contributed by atoms with Crippen LogP contribution in [0.1, 0.15) is 36.0 Å². The van der Waals surface area contributed by atoms with E-state index < -0.39 is 27.6 Å². The molecule has 1 unspecified atom stereocenters. The summed E-state index contributed by atoms with van der Waals surface area (Å²) in [6.45, 7) is 0.576. The standard InChI is InChI=1S/C23H24F2N2O5S2/c24-23(25)13-16(23)12-22(29)8-10-26(11-9-22)21(28)15-4-6-17(7-5-15)27-14-33-18-2-1-3-19(20(18)27)34(30,31)32/h1-7,16,29H,8-14H2,(H,30,31,32)/p-1. The lowest BCUT2D eigenvalue weighted by Crippen LogP contribution is -2.47. The van der Waals surface area contributed by atoms with Gasteiger partial charge in [0.15, 0.2) is 0 Å². The number of hydrogen-bond donors (Lipinski definition) is 1. The van der Waals surface area contributed by atoms with Crippen molar-refractivity contribution in [1.29, 1.82) is 0 Å². The van der Waals surface area contributed by atoms with Crippen molar-refractivity contribution in [3.63, 3.8) is 0 Å². The Morgan fingerprint density at radius 1 is 1.15 bits per heavy atom. The SMILES string of the molecule is O=C(c1ccc(N2CSc3cccc(S(=O)(=O)[O-])c32)cc1)N1CCC(O)(CC2CC2(F)F)CC1. The maximum atomic E-state index is 13.2. The maximum absolute atomic E-state index is 13.2. The Hall–Kier alpha value is -2.21. The molecule has 1 saturated heterocycles. The first-order valence-corrected chi connectivity index (χ1v) is 13.4. The van der Waals surface area contributed by atoms with Crippen LogP contribution in [0, 0.1) is 5.92 Å². The van der Waals surface area contributed by atoms with Gasteiger partial charge in [0.25, 0.3) is 11.8 Å². The van der Waals surface area contributed by atoms with Gasteiger partial charge in [-0.15, -0.1) is 11.8 Å². The van der Waals surface area contributed by atoms with Crippen LogP contribution in [0.15, 0.2) is 52.3 Å². The highest BCUT2D eigenvalue weighted by Gasteiger charge is 2.59. The number of anilines is 2. The third kappa shape index (κ3) is 4.41. The van der Waals surface area contributed by atoms with Gasteiger partial charge in [0.2, 0.25) is 0 Å². The zero-order valence-corrected chi connectivity index (χ0v) is 19.7. The second-order valence-electron chi connectivity index (χ2n) is 9.19. The molecule has 7 nitrogen and oxygen atoms in total. The second-order valence-corrected chi connectivity index (χ2v) is 11.5. The highest BCUT2D eigenvalue weighted by molar-refractivity contribution is 8.00. The van der Waals surface area contributed by atoms with E-state index in [9.17, 15) is 31.7 Å². The number of benzene rings is 2. The number of thioether (sulfide) groups is 1. The molecule has 2 fully saturated rings. The minimum Gasteiger partial charge on any atom is -0.744 e. The van der Waals surface area contributed by atoms with Crippen molar-refractivity contribution in [3.8, 4) is 0 Å². The number of aliphatic hydroxyl groups is 1. The average Bonchev–Trinajstić information content (AvgIpc) is 3.18. The van der Waals surface area contributed by atoms with Gasteiger partial charge in [0, 0.05) is 41.6 Å². The number of rotatable bonds is 5. The Kier molecular flexibility index (Phi) is 5.66. The summed E-state index contributed by atoms with van der Waals surface area (Å²) in [6, 6.07) is 11.3. The summed E-state index contributed by atoms with van der Waals surface area (Å²) in [5.74, 6) is -3.22. The Balaban J connectivity index is 1.27. The molecule has 34 heavy (non-hydrogen) atoms. The Labute approximate surface area is 200 Å². The Morgan fingerprint density at radius 2 is 1.79 bits per heavy atom. The molecule has 11 heteroatoms. The minimum atomic E-state index is -4.65. The van der Waals surface area contributed by atoms with Crippen LogP contribution in [0.3, 0.4) is 0 Å². The maximum Gasteiger partial charge on any atom is 0.253 e. The number of piperidine rings is 1. The van der Waals surface area contributed by atoms with Gasteiger partial charge in [0.1, 0.15) is 10.1 Å². The third-order valence-electron chi connectivity index (χ3n) is 6.84. The fourth-order valence-corrected chi connectivity index (χ4v) is 6.58. The molecule has 2 aromatic carbocycles. The van der Waals surface area contributed by atoms with Crippen molar-refractivity contribution in [2.24, 2.45) is 5.92 Å². The fraction of sp³-hybridized carbons (Fsp3) is 0.435. The van der Waals surface area contributed by atoms with Crippen molar-refractivity contribution >= 4 is 39.2 Å². The summed E-state index contributed by atoms with van der Waals surface area (Å²) in [6.07, 6.45) is 0.412. The average molecular weight is 510 g/mol. The van der Waals surface area contributed by atoms with E-state index in [-0.39, 0.29) is 49.6 Å². The summed E-state index contributed by atoms with van der Waals surface area (Å²) in [5.41, 5.74) is 0.265. The van der Waals surface area contributed by atoms with Crippen LogP contribution < -0.4 is 4.90 Å². The van der Waals surface area contributed by atoms with Gasteiger partial charge in [0.05, 0.1) is 22.1 Å². The zero-order chi connectivity index (χ0) is 24.3. The van der Waals surface area contributed by atoms with Crippen molar-refractivity contribution in [2.45, 2.75) is 47.0 Å². The number of likely N-dealkylation sites (tertiary alicyclic amines) is 1. The normalized spacial score (nSPS) is 23.0. The lowest BCUT2D eigenvalue weighted by atomic mass is 9.86. The summed E-state index contributed by atoms with van der Waals surface area (Å²) in [4.78, 5) is 16.7. The highest BCUT2D eigenvalue weighted by Crippen LogP contribution is 2.53. The van der Waals surface area contributed by atoms with Gasteiger partial charge in [-0.05, 0) is 55.7 Å². The number of amides is 1. The van der Waals surface area contributed by atoms with Crippen LogP contribution in [0.4, 0.5) is 20.2 Å². The molecule has 2 aromatic rings. The summed E-state index contributed by atoms with van der Waals surface area (Å²) in [7, 11) is -4.65. The molecule has 0 bridgehead atoms. The zero-order valence-electron chi connectivity index (χ0n) is 18.1. The summed E-state index contributed by atoms with van der Waals surface area (Å²) >= 11 is 1.42. The van der Waals surface area contributed by atoms with Crippen LogP contribution in [0.5, 0.6) is 0 Å². The first-order valence-electron chi connectivity index (χ1n) is 11.0. The highest BCUT2D eigenvalue weighted by atomic mass is 32.2. The summed E-state index contributed by atoms with van der Waals surface area (Å²) < 4.78 is 61.7. The molecule has 1 atom stereocenters. The van der Waals surface area contributed by atoms with Crippen molar-refractivity contribution in [3.05, 3.63) is 48.0 Å². The predicted octanol–water partition coefficient (Wildman–Crippen LogP) is 3.80. The molecule has 0 radical (unpaired) electrons. The number of fused-ring (bicyclic) bond motifs is 1. The summed E-state index contributed by atoms with van der Waals surface area (Å²) in [5, 5.41) is 10.7. The lowest BCUT2D eigenvalue weighted by molar-refractivity contribution is -0.0366. The largest absolute Gasteiger partial charge is 0.744 e. The van der Waals surface area contributed by atoms with Crippen LogP contribution in [0.25, 0.3) is 0 Å². The van der Waals surface area contributed by atoms with Gasteiger partial charge >= 0.3 is 0 Å². The molecule has 5 rings (SSSR count). The minimum absolute atomic E-state index is 0.0626. The number of carbonyl (C=O) groups is 1. The molecular formula is C23H23F2N2O5S2-. The monoisotopic (exact) mass is 509 g/mol. The van der Waals surface area contributed by atoms with Gasteiger partial charge < -0.3 is 19.5 Å². The number of halogens is 2. The van der Waals surface area contributed by atoms with E-state index in [2.05, 4.69) is 0 Å². The van der Waals surface area contributed by atoms with Crippen molar-refractivity contribution < 1.29 is 31.7 Å². The topological polar surface area (TPSA) is 101 Å². The van der Waals surface area contributed by atoms with Gasteiger partial charge in [-0.25, -0.2) is 17.2 Å². The van der Waals surface area contributed by atoms with E-state index in [4.69, 9.17) is 0 Å². The number of hydrogen-bond acceptors (Lipinski definition) is 7. The molecule has 1 N–H and O–H groups in total. The quantitative estimate of drug-likeness (QED) is 0.612. The number of carbonyl (C=O) groups excluding carboxylic acids is 1. The third-order valence-corrected chi connectivity index (χ3v) is 8.74. The number of para-hydroxylation sites is 1. The van der Waals surface area contributed by atoms with Crippen LogP contribution in [0.2, 0.25) is 0 Å². The molecule has 2 heterocycles. The Bertz CT molecular complexity index is 1230. The molecular weight excluding hydrogens is 486 g/mol. The fourth-order valence-electron chi connectivity index (χ4n) is 4.74. The van der Waals surface area contributed by atoms with Crippen LogP contribution >= 0.6 is 11.8 Å². The van der Waals surface area contributed by atoms with E-state index >= 15 is 0 Å². The van der Waals surface area contributed by atoms with E-state index in [0.29, 0.717) is 27.7 Å². The second kappa shape index (κ2) is 8.18. The Morgan fingerprint density at radius 3 is 2.38 bits per heavy atom. The van der Waals surface area contributed by atoms with E-state index in [1.807, 2.05) is 0 Å². The molecule has 2 aliphatic heterocycles.